The molecule has 0 fully saturated rings. The van der Waals surface area contributed by atoms with Crippen molar-refractivity contribution in [3.05, 3.63) is 94.5 Å². The third kappa shape index (κ3) is 7.01. The number of carbonyl (C=O) groups excluding carboxylic acids is 1. The van der Waals surface area contributed by atoms with Crippen LogP contribution < -0.4 is 9.62 Å². The van der Waals surface area contributed by atoms with Crippen molar-refractivity contribution in [2.24, 2.45) is 0 Å². The number of hydrogen-bond donors (Lipinski definition) is 1. The number of sulfonamides is 1. The standard InChI is InChI=1S/C26H29ClN2O3S2/c1-20-9-6-10-22(17-20)19-33-16-8-15-28-26(30)18-29(25-14-7-13-24(27)21(25)2)34(31,32)23-11-4-3-5-12-23/h3-7,9-14,17H,8,15-16,18-19H2,1-2H3,(H,28,30). The van der Waals surface area contributed by atoms with E-state index in [2.05, 4.69) is 36.5 Å². The number of hydrogen-bond acceptors (Lipinski definition) is 4. The highest BCUT2D eigenvalue weighted by atomic mass is 35.5. The van der Waals surface area contributed by atoms with Gasteiger partial charge in [0.15, 0.2) is 0 Å². The van der Waals surface area contributed by atoms with Crippen LogP contribution in [0, 0.1) is 13.8 Å². The van der Waals surface area contributed by atoms with Gasteiger partial charge in [-0.2, -0.15) is 11.8 Å². The lowest BCUT2D eigenvalue weighted by molar-refractivity contribution is -0.119. The lowest BCUT2D eigenvalue weighted by Gasteiger charge is -2.26. The van der Waals surface area contributed by atoms with E-state index in [0.717, 1.165) is 22.2 Å². The van der Waals surface area contributed by atoms with E-state index in [4.69, 9.17) is 11.6 Å². The first kappa shape index (κ1) is 26.1. The molecule has 1 amide bonds. The molecule has 0 aliphatic heterocycles. The Balaban J connectivity index is 1.61. The van der Waals surface area contributed by atoms with E-state index < -0.39 is 10.0 Å². The fraction of sp³-hybridized carbons (Fsp3) is 0.269. The third-order valence-electron chi connectivity index (χ3n) is 5.27. The van der Waals surface area contributed by atoms with E-state index in [0.29, 0.717) is 22.8 Å². The number of benzene rings is 3. The van der Waals surface area contributed by atoms with Crippen molar-refractivity contribution in [2.45, 2.75) is 30.9 Å². The van der Waals surface area contributed by atoms with Crippen molar-refractivity contribution in [2.75, 3.05) is 23.1 Å². The molecule has 0 unspecified atom stereocenters. The van der Waals surface area contributed by atoms with Crippen LogP contribution in [-0.4, -0.2) is 33.2 Å². The second kappa shape index (κ2) is 12.3. The molecule has 0 radical (unpaired) electrons. The molecule has 3 aromatic carbocycles. The molecular weight excluding hydrogens is 488 g/mol. The molecule has 8 heteroatoms. The van der Waals surface area contributed by atoms with Gasteiger partial charge >= 0.3 is 0 Å². The number of nitrogens with zero attached hydrogens (tertiary/aromatic N) is 1. The number of aryl methyl sites for hydroxylation is 1. The minimum absolute atomic E-state index is 0.120. The molecule has 0 saturated heterocycles. The Bertz CT molecular complexity index is 1220. The van der Waals surface area contributed by atoms with Gasteiger partial charge in [0.2, 0.25) is 5.91 Å². The van der Waals surface area contributed by atoms with Crippen LogP contribution in [0.15, 0.2) is 77.7 Å². The average Bonchev–Trinajstić information content (AvgIpc) is 2.82. The molecule has 0 aromatic heterocycles. The second-order valence-electron chi connectivity index (χ2n) is 7.95. The first-order chi connectivity index (χ1) is 16.3. The minimum Gasteiger partial charge on any atom is -0.354 e. The van der Waals surface area contributed by atoms with Gasteiger partial charge in [0.1, 0.15) is 6.54 Å². The van der Waals surface area contributed by atoms with Crippen LogP contribution in [0.1, 0.15) is 23.1 Å². The number of amides is 1. The Morgan fingerprint density at radius 2 is 1.74 bits per heavy atom. The maximum absolute atomic E-state index is 13.4. The van der Waals surface area contributed by atoms with Crippen LogP contribution >= 0.6 is 23.4 Å². The molecule has 0 aliphatic carbocycles. The number of carbonyl (C=O) groups is 1. The van der Waals surface area contributed by atoms with Crippen LogP contribution in [0.5, 0.6) is 0 Å². The Labute approximate surface area is 211 Å². The number of anilines is 1. The van der Waals surface area contributed by atoms with Crippen LogP contribution in [0.25, 0.3) is 0 Å². The van der Waals surface area contributed by atoms with Gasteiger partial charge in [0, 0.05) is 17.3 Å². The van der Waals surface area contributed by atoms with Crippen molar-refractivity contribution in [3.63, 3.8) is 0 Å². The van der Waals surface area contributed by atoms with Gasteiger partial charge in [-0.15, -0.1) is 0 Å². The van der Waals surface area contributed by atoms with Crippen LogP contribution in [0.3, 0.4) is 0 Å². The Hall–Kier alpha value is -2.48. The molecule has 5 nitrogen and oxygen atoms in total. The van der Waals surface area contributed by atoms with Gasteiger partial charge in [-0.3, -0.25) is 9.10 Å². The zero-order chi connectivity index (χ0) is 24.6. The summed E-state index contributed by atoms with van der Waals surface area (Å²) in [6, 6.07) is 21.6. The van der Waals surface area contributed by atoms with Gasteiger partial charge < -0.3 is 5.32 Å². The van der Waals surface area contributed by atoms with Crippen molar-refractivity contribution in [3.8, 4) is 0 Å². The predicted molar refractivity (Wildman–Crippen MR) is 142 cm³/mol. The third-order valence-corrected chi connectivity index (χ3v) is 8.56. The first-order valence-electron chi connectivity index (χ1n) is 11.0. The highest BCUT2D eigenvalue weighted by molar-refractivity contribution is 7.98. The zero-order valence-electron chi connectivity index (χ0n) is 19.3. The summed E-state index contributed by atoms with van der Waals surface area (Å²) in [5.74, 6) is 1.46. The highest BCUT2D eigenvalue weighted by Crippen LogP contribution is 2.30. The van der Waals surface area contributed by atoms with Crippen LogP contribution in [-0.2, 0) is 20.6 Å². The molecule has 0 spiro atoms. The predicted octanol–water partition coefficient (Wildman–Crippen LogP) is 5.59. The van der Waals surface area contributed by atoms with Gasteiger partial charge in [0.25, 0.3) is 10.0 Å². The topological polar surface area (TPSA) is 66.5 Å². The van der Waals surface area contributed by atoms with E-state index in [-0.39, 0.29) is 17.3 Å². The smallest absolute Gasteiger partial charge is 0.264 e. The summed E-state index contributed by atoms with van der Waals surface area (Å²) in [6.45, 7) is 3.98. The molecule has 0 aliphatic rings. The Kier molecular flexibility index (Phi) is 9.45. The number of thioether (sulfide) groups is 1. The average molecular weight is 517 g/mol. The van der Waals surface area contributed by atoms with Crippen LogP contribution in [0.2, 0.25) is 5.02 Å². The van der Waals surface area contributed by atoms with E-state index >= 15 is 0 Å². The summed E-state index contributed by atoms with van der Waals surface area (Å²) >= 11 is 8.06. The number of halogens is 1. The normalized spacial score (nSPS) is 11.3. The summed E-state index contributed by atoms with van der Waals surface area (Å²) in [5.41, 5.74) is 3.52. The maximum Gasteiger partial charge on any atom is 0.264 e. The van der Waals surface area contributed by atoms with Crippen molar-refractivity contribution in [1.29, 1.82) is 0 Å². The largest absolute Gasteiger partial charge is 0.354 e. The lowest BCUT2D eigenvalue weighted by Crippen LogP contribution is -2.41. The van der Waals surface area contributed by atoms with Crippen molar-refractivity contribution < 1.29 is 13.2 Å². The molecule has 3 rings (SSSR count). The highest BCUT2D eigenvalue weighted by Gasteiger charge is 2.28. The lowest BCUT2D eigenvalue weighted by atomic mass is 10.2. The summed E-state index contributed by atoms with van der Waals surface area (Å²) in [4.78, 5) is 12.9. The summed E-state index contributed by atoms with van der Waals surface area (Å²) < 4.78 is 27.9. The van der Waals surface area contributed by atoms with Crippen molar-refractivity contribution >= 4 is 45.0 Å². The van der Waals surface area contributed by atoms with E-state index in [1.54, 1.807) is 43.3 Å². The maximum atomic E-state index is 13.4. The first-order valence-corrected chi connectivity index (χ1v) is 14.0. The van der Waals surface area contributed by atoms with Crippen molar-refractivity contribution in [1.82, 2.24) is 5.32 Å². The Morgan fingerprint density at radius 1 is 1.00 bits per heavy atom. The molecule has 0 saturated carbocycles. The van der Waals surface area contributed by atoms with Gasteiger partial charge in [0.05, 0.1) is 10.6 Å². The fourth-order valence-electron chi connectivity index (χ4n) is 3.47. The molecule has 0 heterocycles. The van der Waals surface area contributed by atoms with Gasteiger partial charge in [-0.25, -0.2) is 8.42 Å². The fourth-order valence-corrected chi connectivity index (χ4v) is 6.04. The van der Waals surface area contributed by atoms with Gasteiger partial charge in [-0.1, -0.05) is 65.7 Å². The minimum atomic E-state index is -3.95. The van der Waals surface area contributed by atoms with E-state index in [1.807, 2.05) is 11.8 Å². The molecule has 3 aromatic rings. The molecule has 0 bridgehead atoms. The summed E-state index contributed by atoms with van der Waals surface area (Å²) in [5, 5.41) is 3.30. The monoisotopic (exact) mass is 516 g/mol. The number of nitrogens with one attached hydrogen (secondary N) is 1. The second-order valence-corrected chi connectivity index (χ2v) is 11.3. The molecule has 34 heavy (non-hydrogen) atoms. The van der Waals surface area contributed by atoms with E-state index in [1.165, 1.54) is 23.3 Å². The summed E-state index contributed by atoms with van der Waals surface area (Å²) in [6.07, 6.45) is 0.795. The van der Waals surface area contributed by atoms with Gasteiger partial charge in [-0.05, 0) is 61.4 Å². The van der Waals surface area contributed by atoms with Crippen LogP contribution in [0.4, 0.5) is 5.69 Å². The Morgan fingerprint density at radius 3 is 2.47 bits per heavy atom. The zero-order valence-corrected chi connectivity index (χ0v) is 21.7. The molecule has 1 N–H and O–H groups in total. The summed E-state index contributed by atoms with van der Waals surface area (Å²) in [7, 11) is -3.95. The molecule has 180 valence electrons. The quantitative estimate of drug-likeness (QED) is 0.337. The number of rotatable bonds is 11. The SMILES string of the molecule is Cc1cccc(CSCCCNC(=O)CN(c2cccc(Cl)c2C)S(=O)(=O)c2ccccc2)c1. The molecule has 0 atom stereocenters. The van der Waals surface area contributed by atoms with E-state index in [9.17, 15) is 13.2 Å². The molecular formula is C26H29ClN2O3S2.